The van der Waals surface area contributed by atoms with Gasteiger partial charge in [0.05, 0.1) is 12.7 Å². The van der Waals surface area contributed by atoms with Gasteiger partial charge in [0.1, 0.15) is 5.69 Å². The molecule has 108 valence electrons. The topological polar surface area (TPSA) is 88.3 Å². The molecule has 0 aliphatic carbocycles. The number of H-pyrrole nitrogens is 1. The summed E-state index contributed by atoms with van der Waals surface area (Å²) in [7, 11) is 1.30. The number of methoxy groups -OCH3 is 1. The summed E-state index contributed by atoms with van der Waals surface area (Å²) in [5.41, 5.74) is 1.67. The standard InChI is InChI=1S/C15H14N2O4/c1-9(18)11-7-13(16-8-11)14(19)17-12-5-3-10(4-6-12)15(20)21-2/h3-8,16H,1-2H3,(H,17,19). The van der Waals surface area contributed by atoms with Crippen molar-refractivity contribution in [2.75, 3.05) is 12.4 Å². The van der Waals surface area contributed by atoms with Crippen LogP contribution >= 0.6 is 0 Å². The molecule has 0 atom stereocenters. The molecule has 1 heterocycles. The van der Waals surface area contributed by atoms with Gasteiger partial charge in [-0.25, -0.2) is 4.79 Å². The van der Waals surface area contributed by atoms with E-state index in [4.69, 9.17) is 0 Å². The fourth-order valence-corrected chi connectivity index (χ4v) is 1.73. The fourth-order valence-electron chi connectivity index (χ4n) is 1.73. The number of carbonyl (C=O) groups is 3. The number of aromatic amines is 1. The van der Waals surface area contributed by atoms with Crippen molar-refractivity contribution in [1.82, 2.24) is 4.98 Å². The van der Waals surface area contributed by atoms with Gasteiger partial charge in [-0.05, 0) is 37.3 Å². The molecule has 1 amide bonds. The molecule has 1 aromatic carbocycles. The molecule has 0 saturated carbocycles. The smallest absolute Gasteiger partial charge is 0.337 e. The van der Waals surface area contributed by atoms with Crippen LogP contribution in [0.25, 0.3) is 0 Å². The molecule has 6 heteroatoms. The highest BCUT2D eigenvalue weighted by Gasteiger charge is 2.11. The van der Waals surface area contributed by atoms with Crippen molar-refractivity contribution in [3.05, 3.63) is 53.3 Å². The summed E-state index contributed by atoms with van der Waals surface area (Å²) >= 11 is 0. The SMILES string of the molecule is COC(=O)c1ccc(NC(=O)c2cc(C(C)=O)c[nH]2)cc1. The fraction of sp³-hybridized carbons (Fsp3) is 0.133. The second kappa shape index (κ2) is 6.04. The first-order chi connectivity index (χ1) is 10.0. The zero-order valence-electron chi connectivity index (χ0n) is 11.6. The molecule has 0 unspecified atom stereocenters. The number of hydrogen-bond donors (Lipinski definition) is 2. The molecule has 0 radical (unpaired) electrons. The zero-order chi connectivity index (χ0) is 15.4. The minimum absolute atomic E-state index is 0.118. The Balaban J connectivity index is 2.08. The number of Topliss-reactive ketones (excluding diaryl/α,β-unsaturated/α-hetero) is 1. The average molecular weight is 286 g/mol. The number of ketones is 1. The van der Waals surface area contributed by atoms with E-state index in [1.165, 1.54) is 26.3 Å². The van der Waals surface area contributed by atoms with Crippen LogP contribution in [-0.4, -0.2) is 29.8 Å². The van der Waals surface area contributed by atoms with Crippen molar-refractivity contribution in [2.45, 2.75) is 6.92 Å². The quantitative estimate of drug-likeness (QED) is 0.666. The Hall–Kier alpha value is -2.89. The molecule has 1 aromatic heterocycles. The number of esters is 1. The second-order valence-electron chi connectivity index (χ2n) is 4.38. The van der Waals surface area contributed by atoms with E-state index in [0.29, 0.717) is 16.8 Å². The summed E-state index contributed by atoms with van der Waals surface area (Å²) in [6.45, 7) is 1.43. The molecule has 6 nitrogen and oxygen atoms in total. The van der Waals surface area contributed by atoms with Crippen LogP contribution in [0.5, 0.6) is 0 Å². The maximum atomic E-state index is 12.0. The molecule has 0 saturated heterocycles. The van der Waals surface area contributed by atoms with Gasteiger partial charge in [0.15, 0.2) is 5.78 Å². The Labute approximate surface area is 121 Å². The molecule has 2 N–H and O–H groups in total. The number of hydrogen-bond acceptors (Lipinski definition) is 4. The summed E-state index contributed by atoms with van der Waals surface area (Å²) < 4.78 is 4.59. The lowest BCUT2D eigenvalue weighted by Crippen LogP contribution is -2.12. The normalized spacial score (nSPS) is 10.0. The number of benzene rings is 1. The highest BCUT2D eigenvalue weighted by atomic mass is 16.5. The lowest BCUT2D eigenvalue weighted by atomic mass is 10.2. The highest BCUT2D eigenvalue weighted by Crippen LogP contribution is 2.12. The first-order valence-electron chi connectivity index (χ1n) is 6.20. The number of aromatic nitrogens is 1. The first kappa shape index (κ1) is 14.5. The average Bonchev–Trinajstić information content (AvgIpc) is 2.97. The molecule has 0 aliphatic rings. The van der Waals surface area contributed by atoms with E-state index in [1.54, 1.807) is 24.3 Å². The lowest BCUT2D eigenvalue weighted by molar-refractivity contribution is 0.0600. The summed E-state index contributed by atoms with van der Waals surface area (Å²) in [6, 6.07) is 7.78. The molecule has 2 aromatic rings. The third-order valence-electron chi connectivity index (χ3n) is 2.90. The lowest BCUT2D eigenvalue weighted by Gasteiger charge is -2.04. The summed E-state index contributed by atoms with van der Waals surface area (Å²) in [5, 5.41) is 2.66. The van der Waals surface area contributed by atoms with E-state index in [1.807, 2.05) is 0 Å². The van der Waals surface area contributed by atoms with Gasteiger partial charge >= 0.3 is 5.97 Å². The highest BCUT2D eigenvalue weighted by molar-refractivity contribution is 6.05. The van der Waals surface area contributed by atoms with E-state index in [2.05, 4.69) is 15.0 Å². The van der Waals surface area contributed by atoms with Gasteiger partial charge in [-0.3, -0.25) is 9.59 Å². The number of carbonyl (C=O) groups excluding carboxylic acids is 3. The largest absolute Gasteiger partial charge is 0.465 e. The number of anilines is 1. The number of ether oxygens (including phenoxy) is 1. The van der Waals surface area contributed by atoms with Gasteiger partial charge in [-0.2, -0.15) is 0 Å². The molecular formula is C15H14N2O4. The van der Waals surface area contributed by atoms with Crippen molar-refractivity contribution < 1.29 is 19.1 Å². The van der Waals surface area contributed by atoms with Crippen LogP contribution in [0.2, 0.25) is 0 Å². The second-order valence-corrected chi connectivity index (χ2v) is 4.38. The van der Waals surface area contributed by atoms with Crippen molar-refractivity contribution >= 4 is 23.3 Å². The van der Waals surface area contributed by atoms with Crippen molar-refractivity contribution in [3.8, 4) is 0 Å². The third-order valence-corrected chi connectivity index (χ3v) is 2.90. The Morgan fingerprint density at radius 1 is 1.10 bits per heavy atom. The summed E-state index contributed by atoms with van der Waals surface area (Å²) in [5.74, 6) is -0.926. The Morgan fingerprint density at radius 2 is 1.76 bits per heavy atom. The van der Waals surface area contributed by atoms with Gasteiger partial charge in [0, 0.05) is 17.4 Å². The molecule has 0 spiro atoms. The van der Waals surface area contributed by atoms with Crippen molar-refractivity contribution in [3.63, 3.8) is 0 Å². The predicted molar refractivity (Wildman–Crippen MR) is 76.5 cm³/mol. The minimum atomic E-state index is -0.441. The number of rotatable bonds is 4. The molecular weight excluding hydrogens is 272 g/mol. The van der Waals surface area contributed by atoms with E-state index in [9.17, 15) is 14.4 Å². The van der Waals surface area contributed by atoms with Crippen LogP contribution in [0, 0.1) is 0 Å². The van der Waals surface area contributed by atoms with E-state index in [0.717, 1.165) is 0 Å². The van der Waals surface area contributed by atoms with Gasteiger partial charge < -0.3 is 15.0 Å². The van der Waals surface area contributed by atoms with Gasteiger partial charge in [0.2, 0.25) is 0 Å². The van der Waals surface area contributed by atoms with Gasteiger partial charge in [-0.1, -0.05) is 0 Å². The summed E-state index contributed by atoms with van der Waals surface area (Å²) in [4.78, 5) is 37.2. The van der Waals surface area contributed by atoms with Crippen LogP contribution in [0.3, 0.4) is 0 Å². The third kappa shape index (κ3) is 3.36. The molecule has 0 bridgehead atoms. The van der Waals surface area contributed by atoms with Crippen LogP contribution in [0.4, 0.5) is 5.69 Å². The van der Waals surface area contributed by atoms with Crippen molar-refractivity contribution in [1.29, 1.82) is 0 Å². The maximum Gasteiger partial charge on any atom is 0.337 e. The maximum absolute atomic E-state index is 12.0. The van der Waals surface area contributed by atoms with E-state index < -0.39 is 5.97 Å². The molecule has 2 rings (SSSR count). The zero-order valence-corrected chi connectivity index (χ0v) is 11.6. The van der Waals surface area contributed by atoms with E-state index >= 15 is 0 Å². The summed E-state index contributed by atoms with van der Waals surface area (Å²) in [6.07, 6.45) is 1.48. The van der Waals surface area contributed by atoms with Gasteiger partial charge in [0.25, 0.3) is 5.91 Å². The minimum Gasteiger partial charge on any atom is -0.465 e. The van der Waals surface area contributed by atoms with Crippen LogP contribution in [0.15, 0.2) is 36.5 Å². The van der Waals surface area contributed by atoms with Crippen LogP contribution in [0.1, 0.15) is 38.1 Å². The van der Waals surface area contributed by atoms with Crippen molar-refractivity contribution in [2.24, 2.45) is 0 Å². The molecule has 21 heavy (non-hydrogen) atoms. The van der Waals surface area contributed by atoms with Gasteiger partial charge in [-0.15, -0.1) is 0 Å². The molecule has 0 fully saturated rings. The molecule has 0 aliphatic heterocycles. The van der Waals surface area contributed by atoms with E-state index in [-0.39, 0.29) is 17.4 Å². The first-order valence-corrected chi connectivity index (χ1v) is 6.20. The number of amides is 1. The number of nitrogens with one attached hydrogen (secondary N) is 2. The Morgan fingerprint density at radius 3 is 2.29 bits per heavy atom. The Bertz CT molecular complexity index is 686. The monoisotopic (exact) mass is 286 g/mol. The van der Waals surface area contributed by atoms with Crippen LogP contribution < -0.4 is 5.32 Å². The predicted octanol–water partition coefficient (Wildman–Crippen LogP) is 2.26. The Kier molecular flexibility index (Phi) is 4.18. The van der Waals surface area contributed by atoms with Crippen LogP contribution in [-0.2, 0) is 4.74 Å².